The van der Waals surface area contributed by atoms with E-state index >= 15 is 4.39 Å². The first-order chi connectivity index (χ1) is 17.5. The van der Waals surface area contributed by atoms with Crippen molar-refractivity contribution in [3.8, 4) is 40.2 Å². The largest absolute Gasteiger partial charge is 0.506 e. The minimum Gasteiger partial charge on any atom is -0.506 e. The van der Waals surface area contributed by atoms with Crippen LogP contribution in [0.15, 0.2) is 42.9 Å². The first-order valence-corrected chi connectivity index (χ1v) is 12.0. The number of hydrogen-bond acceptors (Lipinski definition) is 8. The molecule has 4 aromatic rings. The van der Waals surface area contributed by atoms with Crippen LogP contribution in [-0.2, 0) is 0 Å². The van der Waals surface area contributed by atoms with Gasteiger partial charge in [-0.15, -0.1) is 10.2 Å². The Morgan fingerprint density at radius 3 is 2.62 bits per heavy atom. The lowest BCUT2D eigenvalue weighted by Gasteiger charge is -2.48. The third kappa shape index (κ3) is 4.70. The van der Waals surface area contributed by atoms with Crippen LogP contribution in [0, 0.1) is 18.3 Å². The van der Waals surface area contributed by atoms with Gasteiger partial charge in [0.2, 0.25) is 5.88 Å². The van der Waals surface area contributed by atoms with Crippen LogP contribution in [0.2, 0.25) is 0 Å². The summed E-state index contributed by atoms with van der Waals surface area (Å²) < 4.78 is 22.7. The molecule has 0 bridgehead atoms. The molecule has 10 heteroatoms. The summed E-state index contributed by atoms with van der Waals surface area (Å²) in [5.41, 5.74) is 2.68. The van der Waals surface area contributed by atoms with Gasteiger partial charge in [0.1, 0.15) is 29.3 Å². The lowest BCUT2D eigenvalue weighted by Crippen LogP contribution is -2.66. The van der Waals surface area contributed by atoms with Crippen molar-refractivity contribution < 1.29 is 14.2 Å². The van der Waals surface area contributed by atoms with Gasteiger partial charge in [-0.1, -0.05) is 0 Å². The van der Waals surface area contributed by atoms with E-state index in [4.69, 9.17) is 4.74 Å². The van der Waals surface area contributed by atoms with E-state index in [0.717, 1.165) is 5.69 Å². The first-order valence-electron chi connectivity index (χ1n) is 12.0. The average Bonchev–Trinajstić information content (AvgIpc) is 3.21. The highest BCUT2D eigenvalue weighted by Crippen LogP contribution is 2.34. The lowest BCUT2D eigenvalue weighted by atomic mass is 9.79. The molecule has 0 aliphatic carbocycles. The van der Waals surface area contributed by atoms with Gasteiger partial charge in [0.05, 0.1) is 11.3 Å². The minimum absolute atomic E-state index is 0.0911. The second-order valence-electron chi connectivity index (χ2n) is 10.7. The van der Waals surface area contributed by atoms with E-state index in [9.17, 15) is 10.4 Å². The maximum Gasteiger partial charge on any atom is 0.233 e. The molecule has 1 aliphatic heterocycles. The number of fused-ring (bicyclic) bond motifs is 1. The molecular weight excluding hydrogens is 473 g/mol. The van der Waals surface area contributed by atoms with Gasteiger partial charge < -0.3 is 19.6 Å². The van der Waals surface area contributed by atoms with E-state index in [1.807, 2.05) is 47.0 Å². The fourth-order valence-electron chi connectivity index (χ4n) is 5.10. The number of aryl methyl sites for hydroxylation is 1. The second-order valence-corrected chi connectivity index (χ2v) is 10.7. The highest BCUT2D eigenvalue weighted by Gasteiger charge is 2.47. The van der Waals surface area contributed by atoms with Crippen LogP contribution in [0.4, 0.5) is 4.39 Å². The average molecular weight is 502 g/mol. The number of aromatic nitrogens is 5. The number of halogens is 1. The maximum absolute atomic E-state index is 15.1. The SMILES string of the molecule is Cc1cn2cc(-c3cnc(-c4ccc(O[C@@H]5CC(C)(C)NC(C)(C)[C@@H]5F)nn4)c(O)c3)cc(C#N)c2n1. The number of piperidine rings is 1. The van der Waals surface area contributed by atoms with Crippen LogP contribution >= 0.6 is 0 Å². The Bertz CT molecular complexity index is 1520. The molecule has 0 spiro atoms. The van der Waals surface area contributed by atoms with Crippen LogP contribution in [0.1, 0.15) is 45.4 Å². The Balaban J connectivity index is 1.38. The van der Waals surface area contributed by atoms with Crippen molar-refractivity contribution in [3.05, 3.63) is 54.1 Å². The summed E-state index contributed by atoms with van der Waals surface area (Å²) in [7, 11) is 0. The van der Waals surface area contributed by atoms with Crippen molar-refractivity contribution in [2.75, 3.05) is 0 Å². The molecule has 4 aromatic heterocycles. The molecule has 0 amide bonds. The Morgan fingerprint density at radius 2 is 1.95 bits per heavy atom. The highest BCUT2D eigenvalue weighted by molar-refractivity contribution is 5.73. The van der Waals surface area contributed by atoms with Crippen LogP contribution in [-0.4, -0.2) is 53.0 Å². The van der Waals surface area contributed by atoms with E-state index in [-0.39, 0.29) is 22.9 Å². The quantitative estimate of drug-likeness (QED) is 0.423. The third-order valence-corrected chi connectivity index (χ3v) is 6.54. The Morgan fingerprint density at radius 1 is 1.16 bits per heavy atom. The van der Waals surface area contributed by atoms with E-state index in [0.29, 0.717) is 34.5 Å². The zero-order valence-corrected chi connectivity index (χ0v) is 21.3. The summed E-state index contributed by atoms with van der Waals surface area (Å²) in [5.74, 6) is 0.112. The molecular formula is C27H28FN7O2. The summed E-state index contributed by atoms with van der Waals surface area (Å²) in [5, 5.41) is 31.8. The van der Waals surface area contributed by atoms with Crippen LogP contribution in [0.5, 0.6) is 11.6 Å². The molecule has 0 saturated carbocycles. The number of nitriles is 1. The molecule has 190 valence electrons. The number of nitrogens with one attached hydrogen (secondary N) is 1. The molecule has 2 atom stereocenters. The number of imidazole rings is 1. The molecule has 2 N–H and O–H groups in total. The van der Waals surface area contributed by atoms with Crippen molar-refractivity contribution in [2.24, 2.45) is 0 Å². The molecule has 9 nitrogen and oxygen atoms in total. The Labute approximate surface area is 214 Å². The zero-order chi connectivity index (χ0) is 26.5. The zero-order valence-electron chi connectivity index (χ0n) is 21.3. The molecule has 0 unspecified atom stereocenters. The number of pyridine rings is 2. The van der Waals surface area contributed by atoms with Crippen molar-refractivity contribution in [1.29, 1.82) is 5.26 Å². The second kappa shape index (κ2) is 8.78. The topological polar surface area (TPSA) is 121 Å². The lowest BCUT2D eigenvalue weighted by molar-refractivity contribution is -0.0281. The summed E-state index contributed by atoms with van der Waals surface area (Å²) in [4.78, 5) is 8.77. The van der Waals surface area contributed by atoms with E-state index in [1.165, 1.54) is 0 Å². The number of hydrogen-bond donors (Lipinski definition) is 2. The standard InChI is InChI=1S/C27H28FN7O2/c1-15-13-35-14-18(8-16(11-29)25(35)31-15)17-9-20(36)23(30-12-17)19-6-7-22(33-32-19)37-21-10-26(2,3)34-27(4,5)24(21)28/h6-9,12-14,21,24,34,36H,10H2,1-5H3/t21-,24-/m1/s1. The van der Waals surface area contributed by atoms with Crippen molar-refractivity contribution >= 4 is 5.65 Å². The summed E-state index contributed by atoms with van der Waals surface area (Å²) in [6.45, 7) is 9.52. The van der Waals surface area contributed by atoms with Crippen LogP contribution < -0.4 is 10.1 Å². The minimum atomic E-state index is -1.23. The summed E-state index contributed by atoms with van der Waals surface area (Å²) in [6.07, 6.45) is 3.83. The first kappa shape index (κ1) is 24.6. The van der Waals surface area contributed by atoms with E-state index < -0.39 is 17.8 Å². The summed E-state index contributed by atoms with van der Waals surface area (Å²) >= 11 is 0. The Hall–Kier alpha value is -4.10. The van der Waals surface area contributed by atoms with Gasteiger partial charge in [-0.3, -0.25) is 0 Å². The number of nitrogens with zero attached hydrogens (tertiary/aromatic N) is 6. The molecule has 5 heterocycles. The fraction of sp³-hybridized carbons (Fsp3) is 0.370. The van der Waals surface area contributed by atoms with Crippen LogP contribution in [0.25, 0.3) is 28.2 Å². The van der Waals surface area contributed by atoms with Gasteiger partial charge in [0.25, 0.3) is 0 Å². The number of alkyl halides is 1. The van der Waals surface area contributed by atoms with Crippen molar-refractivity contribution in [1.82, 2.24) is 29.9 Å². The predicted octanol–water partition coefficient (Wildman–Crippen LogP) is 4.38. The number of aromatic hydroxyl groups is 1. The molecule has 1 fully saturated rings. The summed E-state index contributed by atoms with van der Waals surface area (Å²) in [6, 6.07) is 8.67. The molecule has 1 saturated heterocycles. The van der Waals surface area contributed by atoms with Gasteiger partial charge in [-0.2, -0.15) is 5.26 Å². The monoisotopic (exact) mass is 501 g/mol. The number of rotatable bonds is 4. The molecule has 1 aliphatic rings. The third-order valence-electron chi connectivity index (χ3n) is 6.54. The van der Waals surface area contributed by atoms with E-state index in [2.05, 4.69) is 31.6 Å². The van der Waals surface area contributed by atoms with Crippen molar-refractivity contribution in [2.45, 2.75) is 64.4 Å². The van der Waals surface area contributed by atoms with Gasteiger partial charge in [-0.25, -0.2) is 14.4 Å². The number of ether oxygens (including phenoxy) is 1. The molecule has 0 radical (unpaired) electrons. The maximum atomic E-state index is 15.1. The fourth-order valence-corrected chi connectivity index (χ4v) is 5.10. The van der Waals surface area contributed by atoms with Gasteiger partial charge >= 0.3 is 0 Å². The van der Waals surface area contributed by atoms with Crippen molar-refractivity contribution in [3.63, 3.8) is 0 Å². The van der Waals surface area contributed by atoms with Gasteiger partial charge in [0, 0.05) is 53.3 Å². The smallest absolute Gasteiger partial charge is 0.233 e. The molecule has 37 heavy (non-hydrogen) atoms. The van der Waals surface area contributed by atoms with Gasteiger partial charge in [-0.05, 0) is 52.8 Å². The normalized spacial score (nSPS) is 20.5. The molecule has 0 aromatic carbocycles. The van der Waals surface area contributed by atoms with Crippen LogP contribution in [0.3, 0.4) is 0 Å². The molecule has 5 rings (SSSR count). The highest BCUT2D eigenvalue weighted by atomic mass is 19.1. The predicted molar refractivity (Wildman–Crippen MR) is 136 cm³/mol. The van der Waals surface area contributed by atoms with Gasteiger partial charge in [0.15, 0.2) is 11.8 Å². The Kier molecular flexibility index (Phi) is 5.83. The van der Waals surface area contributed by atoms with E-state index in [1.54, 1.807) is 34.9 Å².